The van der Waals surface area contributed by atoms with Crippen molar-refractivity contribution in [1.29, 1.82) is 0 Å². The highest BCUT2D eigenvalue weighted by Crippen LogP contribution is 2.28. The van der Waals surface area contributed by atoms with Crippen LogP contribution in [-0.2, 0) is 10.0 Å². The number of nitrogens with one attached hydrogen (secondary N) is 1. The zero-order valence-corrected chi connectivity index (χ0v) is 14.8. The smallest absolute Gasteiger partial charge is 0.262 e. The lowest BCUT2D eigenvalue weighted by molar-refractivity contribution is 0.101. The maximum absolute atomic E-state index is 12.9. The van der Waals surface area contributed by atoms with Crippen molar-refractivity contribution >= 4 is 21.5 Å². The summed E-state index contributed by atoms with van der Waals surface area (Å²) in [5.41, 5.74) is 3.96. The van der Waals surface area contributed by atoms with Crippen LogP contribution in [-0.4, -0.2) is 14.2 Å². The van der Waals surface area contributed by atoms with Crippen molar-refractivity contribution in [3.8, 4) is 0 Å². The number of benzene rings is 2. The molecule has 0 bridgehead atoms. The van der Waals surface area contributed by atoms with Crippen LogP contribution in [0.5, 0.6) is 0 Å². The lowest BCUT2D eigenvalue weighted by atomic mass is 10.0. The summed E-state index contributed by atoms with van der Waals surface area (Å²) in [6.07, 6.45) is 0. The first kappa shape index (κ1) is 17.2. The quantitative estimate of drug-likeness (QED) is 0.864. The first-order chi connectivity index (χ1) is 10.6. The minimum atomic E-state index is -3.78. The summed E-state index contributed by atoms with van der Waals surface area (Å²) >= 11 is 0. The molecule has 0 amide bonds. The molecule has 0 saturated carbocycles. The number of ketones is 1. The normalized spacial score (nSPS) is 11.3. The fraction of sp³-hybridized carbons (Fsp3) is 0.278. The van der Waals surface area contributed by atoms with E-state index in [-0.39, 0.29) is 10.7 Å². The van der Waals surface area contributed by atoms with E-state index in [1.807, 2.05) is 19.9 Å². The highest BCUT2D eigenvalue weighted by Gasteiger charge is 2.23. The topological polar surface area (TPSA) is 63.2 Å². The third-order valence-electron chi connectivity index (χ3n) is 4.12. The van der Waals surface area contributed by atoms with Gasteiger partial charge >= 0.3 is 0 Å². The number of aryl methyl sites for hydroxylation is 2. The van der Waals surface area contributed by atoms with E-state index in [1.54, 1.807) is 38.1 Å². The molecule has 0 aliphatic carbocycles. The lowest BCUT2D eigenvalue weighted by Gasteiger charge is -2.17. The second-order valence-corrected chi connectivity index (χ2v) is 7.42. The number of hydrogen-bond donors (Lipinski definition) is 1. The molecule has 23 heavy (non-hydrogen) atoms. The van der Waals surface area contributed by atoms with Crippen molar-refractivity contribution in [2.24, 2.45) is 0 Å². The van der Waals surface area contributed by atoms with Crippen molar-refractivity contribution in [2.45, 2.75) is 39.5 Å². The van der Waals surface area contributed by atoms with Crippen LogP contribution in [0.25, 0.3) is 0 Å². The van der Waals surface area contributed by atoms with Crippen LogP contribution in [0.3, 0.4) is 0 Å². The van der Waals surface area contributed by atoms with E-state index in [0.29, 0.717) is 11.3 Å². The Kier molecular flexibility index (Phi) is 4.61. The largest absolute Gasteiger partial charge is 0.294 e. The average molecular weight is 331 g/mol. The van der Waals surface area contributed by atoms with Crippen LogP contribution in [0.4, 0.5) is 5.69 Å². The number of carbonyl (C=O) groups is 1. The third kappa shape index (κ3) is 3.29. The molecule has 0 fully saturated rings. The second kappa shape index (κ2) is 6.16. The molecule has 1 N–H and O–H groups in total. The molecule has 0 atom stereocenters. The van der Waals surface area contributed by atoms with Crippen LogP contribution in [0.2, 0.25) is 0 Å². The summed E-state index contributed by atoms with van der Waals surface area (Å²) in [6, 6.07) is 8.60. The number of para-hydroxylation sites is 1. The Labute approximate surface area is 137 Å². The number of carbonyl (C=O) groups excluding carboxylic acids is 1. The molecule has 0 aromatic heterocycles. The number of rotatable bonds is 4. The van der Waals surface area contributed by atoms with Gasteiger partial charge in [0.15, 0.2) is 5.78 Å². The Morgan fingerprint density at radius 1 is 0.957 bits per heavy atom. The summed E-state index contributed by atoms with van der Waals surface area (Å²) in [4.78, 5) is 12.0. The molecule has 0 unspecified atom stereocenters. The van der Waals surface area contributed by atoms with Crippen molar-refractivity contribution < 1.29 is 13.2 Å². The van der Waals surface area contributed by atoms with Crippen LogP contribution in [0.15, 0.2) is 35.2 Å². The molecule has 5 heteroatoms. The van der Waals surface area contributed by atoms with E-state index in [0.717, 1.165) is 22.3 Å². The van der Waals surface area contributed by atoms with Gasteiger partial charge in [-0.25, -0.2) is 8.42 Å². The van der Waals surface area contributed by atoms with Crippen LogP contribution >= 0.6 is 0 Å². The number of Topliss-reactive ketones (excluding diaryl/α,β-unsaturated/α-hetero) is 1. The van der Waals surface area contributed by atoms with Crippen molar-refractivity contribution in [3.63, 3.8) is 0 Å². The number of sulfonamides is 1. The molecule has 2 aromatic rings. The standard InChI is InChI=1S/C18H21NO3S/c1-11-10-12(2)14(4)18(13(11)3)23(21,22)19-17-9-7-6-8-16(17)15(5)20/h6-10,19H,1-5H3. The zero-order valence-electron chi connectivity index (χ0n) is 14.0. The molecule has 0 heterocycles. The third-order valence-corrected chi connectivity index (χ3v) is 5.76. The van der Waals surface area contributed by atoms with Gasteiger partial charge in [-0.1, -0.05) is 18.2 Å². The predicted octanol–water partition coefficient (Wildman–Crippen LogP) is 3.92. The highest BCUT2D eigenvalue weighted by molar-refractivity contribution is 7.92. The van der Waals surface area contributed by atoms with Gasteiger partial charge in [-0.3, -0.25) is 9.52 Å². The molecule has 0 aliphatic heterocycles. The predicted molar refractivity (Wildman–Crippen MR) is 92.6 cm³/mol. The minimum absolute atomic E-state index is 0.183. The highest BCUT2D eigenvalue weighted by atomic mass is 32.2. The van der Waals surface area contributed by atoms with E-state index >= 15 is 0 Å². The Morgan fingerprint density at radius 3 is 2.00 bits per heavy atom. The van der Waals surface area contributed by atoms with Crippen molar-refractivity contribution in [1.82, 2.24) is 0 Å². The molecule has 2 aromatic carbocycles. The molecular formula is C18H21NO3S. The SMILES string of the molecule is CC(=O)c1ccccc1NS(=O)(=O)c1c(C)c(C)cc(C)c1C. The van der Waals surface area contributed by atoms with Gasteiger partial charge in [0.1, 0.15) is 0 Å². The van der Waals surface area contributed by atoms with Crippen molar-refractivity contribution in [3.05, 3.63) is 58.1 Å². The molecule has 2 rings (SSSR count). The fourth-order valence-electron chi connectivity index (χ4n) is 2.66. The van der Waals surface area contributed by atoms with E-state index < -0.39 is 10.0 Å². The number of hydrogen-bond acceptors (Lipinski definition) is 3. The molecule has 122 valence electrons. The van der Waals surface area contributed by atoms with Gasteiger partial charge in [0.2, 0.25) is 0 Å². The van der Waals surface area contributed by atoms with Gasteiger partial charge in [0.05, 0.1) is 10.6 Å². The monoisotopic (exact) mass is 331 g/mol. The first-order valence-electron chi connectivity index (χ1n) is 7.35. The summed E-state index contributed by atoms with van der Waals surface area (Å²) in [6.45, 7) is 8.80. The van der Waals surface area contributed by atoms with E-state index in [4.69, 9.17) is 0 Å². The molecule has 4 nitrogen and oxygen atoms in total. The van der Waals surface area contributed by atoms with E-state index in [2.05, 4.69) is 4.72 Å². The summed E-state index contributed by atoms with van der Waals surface area (Å²) in [5.74, 6) is -0.183. The molecule has 0 saturated heterocycles. The number of anilines is 1. The second-order valence-electron chi connectivity index (χ2n) is 5.80. The maximum atomic E-state index is 12.9. The molecule has 0 spiro atoms. The van der Waals surface area contributed by atoms with Crippen LogP contribution < -0.4 is 4.72 Å². The van der Waals surface area contributed by atoms with Gasteiger partial charge in [-0.05, 0) is 69.0 Å². The van der Waals surface area contributed by atoms with E-state index in [9.17, 15) is 13.2 Å². The maximum Gasteiger partial charge on any atom is 0.262 e. The van der Waals surface area contributed by atoms with Gasteiger partial charge in [0, 0.05) is 5.56 Å². The van der Waals surface area contributed by atoms with Gasteiger partial charge in [-0.15, -0.1) is 0 Å². The Balaban J connectivity index is 2.60. The van der Waals surface area contributed by atoms with Crippen LogP contribution in [0.1, 0.15) is 39.5 Å². The molecular weight excluding hydrogens is 310 g/mol. The first-order valence-corrected chi connectivity index (χ1v) is 8.83. The average Bonchev–Trinajstić information content (AvgIpc) is 2.45. The summed E-state index contributed by atoms with van der Waals surface area (Å²) < 4.78 is 28.4. The zero-order chi connectivity index (χ0) is 17.4. The Hall–Kier alpha value is -2.14. The van der Waals surface area contributed by atoms with Gasteiger partial charge < -0.3 is 0 Å². The van der Waals surface area contributed by atoms with E-state index in [1.165, 1.54) is 6.92 Å². The summed E-state index contributed by atoms with van der Waals surface area (Å²) in [7, 11) is -3.78. The van der Waals surface area contributed by atoms with Gasteiger partial charge in [-0.2, -0.15) is 0 Å². The lowest BCUT2D eigenvalue weighted by Crippen LogP contribution is -2.18. The van der Waals surface area contributed by atoms with Gasteiger partial charge in [0.25, 0.3) is 10.0 Å². The minimum Gasteiger partial charge on any atom is -0.294 e. The Morgan fingerprint density at radius 2 is 1.48 bits per heavy atom. The fourth-order valence-corrected chi connectivity index (χ4v) is 4.36. The Bertz CT molecular complexity index is 857. The molecule has 0 aliphatic rings. The summed E-state index contributed by atoms with van der Waals surface area (Å²) in [5, 5.41) is 0. The van der Waals surface area contributed by atoms with Crippen molar-refractivity contribution in [2.75, 3.05) is 4.72 Å². The molecule has 0 radical (unpaired) electrons. The van der Waals surface area contributed by atoms with Crippen LogP contribution in [0, 0.1) is 27.7 Å².